The molecule has 1 fully saturated rings. The molecule has 0 spiro atoms. The zero-order valence-electron chi connectivity index (χ0n) is 17.0. The highest BCUT2D eigenvalue weighted by molar-refractivity contribution is 6.33. The van der Waals surface area contributed by atoms with Crippen LogP contribution in [0, 0.1) is 12.8 Å². The Balaban J connectivity index is 1.25. The SMILES string of the molecule is Cc1cccc(CN2CCC(C(=O)NCc3nc(-c4ccccc4Cl)no3)CC2)c1. The molecule has 0 bridgehead atoms. The van der Waals surface area contributed by atoms with E-state index in [9.17, 15) is 4.79 Å². The third-order valence-electron chi connectivity index (χ3n) is 5.44. The summed E-state index contributed by atoms with van der Waals surface area (Å²) in [7, 11) is 0. The number of amides is 1. The Kier molecular flexibility index (Phi) is 6.45. The van der Waals surface area contributed by atoms with Crippen LogP contribution >= 0.6 is 11.6 Å². The van der Waals surface area contributed by atoms with E-state index in [1.54, 1.807) is 6.07 Å². The summed E-state index contributed by atoms with van der Waals surface area (Å²) in [6.45, 7) is 5.11. The van der Waals surface area contributed by atoms with Crippen molar-refractivity contribution < 1.29 is 9.32 Å². The van der Waals surface area contributed by atoms with Gasteiger partial charge in [-0.1, -0.05) is 58.7 Å². The van der Waals surface area contributed by atoms with Crippen LogP contribution in [-0.4, -0.2) is 34.0 Å². The minimum absolute atomic E-state index is 0.0183. The Morgan fingerprint density at radius 1 is 1.20 bits per heavy atom. The molecule has 4 rings (SSSR count). The molecule has 1 aromatic heterocycles. The van der Waals surface area contributed by atoms with Crippen molar-refractivity contribution >= 4 is 17.5 Å². The number of nitrogens with zero attached hydrogens (tertiary/aromatic N) is 3. The Morgan fingerprint density at radius 3 is 2.77 bits per heavy atom. The molecule has 6 nitrogen and oxygen atoms in total. The summed E-state index contributed by atoms with van der Waals surface area (Å²) in [5.74, 6) is 0.858. The predicted octanol–water partition coefficient (Wildman–Crippen LogP) is 4.23. The summed E-state index contributed by atoms with van der Waals surface area (Å²) in [4.78, 5) is 19.3. The monoisotopic (exact) mass is 424 g/mol. The molecule has 1 aliphatic heterocycles. The maximum absolute atomic E-state index is 12.6. The van der Waals surface area contributed by atoms with Crippen LogP contribution in [0.3, 0.4) is 0 Å². The third kappa shape index (κ3) is 5.07. The van der Waals surface area contributed by atoms with Gasteiger partial charge in [0.25, 0.3) is 0 Å². The molecule has 2 aromatic carbocycles. The van der Waals surface area contributed by atoms with E-state index >= 15 is 0 Å². The summed E-state index contributed by atoms with van der Waals surface area (Å²) in [5.41, 5.74) is 3.31. The Morgan fingerprint density at radius 2 is 2.00 bits per heavy atom. The van der Waals surface area contributed by atoms with E-state index in [4.69, 9.17) is 16.1 Å². The number of hydrogen-bond donors (Lipinski definition) is 1. The first-order valence-corrected chi connectivity index (χ1v) is 10.6. The van der Waals surface area contributed by atoms with Crippen molar-refractivity contribution in [1.29, 1.82) is 0 Å². The number of aromatic nitrogens is 2. The third-order valence-corrected chi connectivity index (χ3v) is 5.77. The number of rotatable bonds is 6. The van der Waals surface area contributed by atoms with E-state index in [1.807, 2.05) is 18.2 Å². The van der Waals surface area contributed by atoms with Gasteiger partial charge in [-0.3, -0.25) is 9.69 Å². The lowest BCUT2D eigenvalue weighted by atomic mass is 9.95. The van der Waals surface area contributed by atoms with E-state index in [-0.39, 0.29) is 18.4 Å². The van der Waals surface area contributed by atoms with E-state index in [0.29, 0.717) is 22.3 Å². The second-order valence-electron chi connectivity index (χ2n) is 7.75. The van der Waals surface area contributed by atoms with Gasteiger partial charge in [0.1, 0.15) is 0 Å². The molecule has 1 amide bonds. The van der Waals surface area contributed by atoms with Crippen molar-refractivity contribution in [2.45, 2.75) is 32.9 Å². The van der Waals surface area contributed by atoms with Gasteiger partial charge in [-0.25, -0.2) is 0 Å². The van der Waals surface area contributed by atoms with Crippen molar-refractivity contribution in [2.24, 2.45) is 5.92 Å². The van der Waals surface area contributed by atoms with Gasteiger partial charge in [0, 0.05) is 18.0 Å². The lowest BCUT2D eigenvalue weighted by Gasteiger charge is -2.31. The highest BCUT2D eigenvalue weighted by atomic mass is 35.5. The number of carbonyl (C=O) groups excluding carboxylic acids is 1. The zero-order chi connectivity index (χ0) is 20.9. The van der Waals surface area contributed by atoms with Gasteiger partial charge in [-0.2, -0.15) is 4.98 Å². The summed E-state index contributed by atoms with van der Waals surface area (Å²) < 4.78 is 5.26. The molecule has 0 radical (unpaired) electrons. The average Bonchev–Trinajstić information content (AvgIpc) is 3.22. The predicted molar refractivity (Wildman–Crippen MR) is 116 cm³/mol. The summed E-state index contributed by atoms with van der Waals surface area (Å²) in [5, 5.41) is 7.46. The van der Waals surface area contributed by atoms with E-state index in [0.717, 1.165) is 32.5 Å². The molecule has 2 heterocycles. The molecule has 0 unspecified atom stereocenters. The van der Waals surface area contributed by atoms with Crippen molar-refractivity contribution in [3.05, 3.63) is 70.6 Å². The first kappa shape index (κ1) is 20.6. The van der Waals surface area contributed by atoms with Crippen LogP contribution in [0.2, 0.25) is 5.02 Å². The van der Waals surface area contributed by atoms with Crippen molar-refractivity contribution in [1.82, 2.24) is 20.4 Å². The molecule has 0 saturated carbocycles. The van der Waals surface area contributed by atoms with Crippen LogP contribution in [-0.2, 0) is 17.9 Å². The fraction of sp³-hybridized carbons (Fsp3) is 0.348. The van der Waals surface area contributed by atoms with Crippen molar-refractivity contribution in [3.8, 4) is 11.4 Å². The smallest absolute Gasteiger partial charge is 0.246 e. The van der Waals surface area contributed by atoms with E-state index < -0.39 is 0 Å². The minimum Gasteiger partial charge on any atom is -0.347 e. The Labute approximate surface area is 181 Å². The maximum atomic E-state index is 12.6. The molecule has 7 heteroatoms. The quantitative estimate of drug-likeness (QED) is 0.641. The van der Waals surface area contributed by atoms with E-state index in [1.165, 1.54) is 11.1 Å². The first-order valence-electron chi connectivity index (χ1n) is 10.2. The normalized spacial score (nSPS) is 15.3. The largest absolute Gasteiger partial charge is 0.347 e. The average molecular weight is 425 g/mol. The number of aryl methyl sites for hydroxylation is 1. The van der Waals surface area contributed by atoms with Crippen LogP contribution in [0.15, 0.2) is 53.1 Å². The highest BCUT2D eigenvalue weighted by Crippen LogP contribution is 2.25. The van der Waals surface area contributed by atoms with Gasteiger partial charge in [0.15, 0.2) is 0 Å². The lowest BCUT2D eigenvalue weighted by Crippen LogP contribution is -2.40. The molecule has 30 heavy (non-hydrogen) atoms. The number of carbonyl (C=O) groups is 1. The highest BCUT2D eigenvalue weighted by Gasteiger charge is 2.25. The van der Waals surface area contributed by atoms with Crippen molar-refractivity contribution in [3.63, 3.8) is 0 Å². The minimum atomic E-state index is 0.0183. The Hall–Kier alpha value is -2.70. The maximum Gasteiger partial charge on any atom is 0.246 e. The fourth-order valence-corrected chi connectivity index (χ4v) is 4.03. The fourth-order valence-electron chi connectivity index (χ4n) is 3.81. The Bertz CT molecular complexity index is 1010. The number of nitrogens with one attached hydrogen (secondary N) is 1. The number of benzene rings is 2. The van der Waals surface area contributed by atoms with Crippen LogP contribution in [0.1, 0.15) is 29.9 Å². The van der Waals surface area contributed by atoms with Gasteiger partial charge >= 0.3 is 0 Å². The topological polar surface area (TPSA) is 71.3 Å². The van der Waals surface area contributed by atoms with Gasteiger partial charge in [0.2, 0.25) is 17.6 Å². The van der Waals surface area contributed by atoms with Crippen LogP contribution < -0.4 is 5.32 Å². The molecule has 0 atom stereocenters. The summed E-state index contributed by atoms with van der Waals surface area (Å²) in [6, 6.07) is 15.9. The second kappa shape index (κ2) is 9.41. The van der Waals surface area contributed by atoms with Gasteiger partial charge in [-0.15, -0.1) is 0 Å². The van der Waals surface area contributed by atoms with Gasteiger partial charge in [0.05, 0.1) is 11.6 Å². The molecule has 1 aliphatic rings. The molecule has 0 aliphatic carbocycles. The van der Waals surface area contributed by atoms with Gasteiger partial charge in [-0.05, 0) is 50.6 Å². The zero-order valence-corrected chi connectivity index (χ0v) is 17.7. The number of piperidine rings is 1. The summed E-state index contributed by atoms with van der Waals surface area (Å²) >= 11 is 6.17. The van der Waals surface area contributed by atoms with E-state index in [2.05, 4.69) is 51.5 Å². The van der Waals surface area contributed by atoms with Gasteiger partial charge < -0.3 is 9.84 Å². The van der Waals surface area contributed by atoms with Crippen LogP contribution in [0.25, 0.3) is 11.4 Å². The standard InChI is InChI=1S/C23H25ClN4O2/c1-16-5-4-6-17(13-16)15-28-11-9-18(10-12-28)23(29)25-14-21-26-22(27-30-21)19-7-2-3-8-20(19)24/h2-8,13,18H,9-12,14-15H2,1H3,(H,25,29). The number of likely N-dealkylation sites (tertiary alicyclic amines) is 1. The lowest BCUT2D eigenvalue weighted by molar-refractivity contribution is -0.126. The molecule has 156 valence electrons. The molecular weight excluding hydrogens is 400 g/mol. The number of hydrogen-bond acceptors (Lipinski definition) is 5. The second-order valence-corrected chi connectivity index (χ2v) is 8.16. The molecular formula is C23H25ClN4O2. The molecule has 3 aromatic rings. The van der Waals surface area contributed by atoms with Crippen LogP contribution in [0.5, 0.6) is 0 Å². The first-order chi connectivity index (χ1) is 14.6. The number of halogens is 1. The molecule has 1 N–H and O–H groups in total. The molecule has 1 saturated heterocycles. The van der Waals surface area contributed by atoms with Crippen LogP contribution in [0.4, 0.5) is 0 Å². The summed E-state index contributed by atoms with van der Waals surface area (Å²) in [6.07, 6.45) is 1.71. The van der Waals surface area contributed by atoms with Crippen molar-refractivity contribution in [2.75, 3.05) is 13.1 Å².